The lowest BCUT2D eigenvalue weighted by Crippen LogP contribution is -2.36. The summed E-state index contributed by atoms with van der Waals surface area (Å²) < 4.78 is 19.9. The molecule has 2 aromatic carbocycles. The summed E-state index contributed by atoms with van der Waals surface area (Å²) in [5.74, 6) is 1.26. The minimum absolute atomic E-state index is 0.202. The van der Waals surface area contributed by atoms with Gasteiger partial charge in [0.2, 0.25) is 0 Å². The van der Waals surface area contributed by atoms with Gasteiger partial charge in [-0.05, 0) is 80.5 Å². The second-order valence-electron chi connectivity index (χ2n) is 7.42. The zero-order chi connectivity index (χ0) is 17.6. The number of ether oxygens (including phenoxy) is 1. The van der Waals surface area contributed by atoms with Crippen LogP contribution in [-0.4, -0.2) is 12.1 Å². The molecule has 0 spiro atoms. The van der Waals surface area contributed by atoms with Crippen LogP contribution in [0, 0.1) is 11.7 Å². The minimum Gasteiger partial charge on any atom is -0.483 e. The normalized spacial score (nSPS) is 18.6. The fraction of sp³-hybridized carbons (Fsp3) is 0.364. The van der Waals surface area contributed by atoms with Crippen LogP contribution in [0.25, 0.3) is 5.57 Å². The molecule has 2 aromatic rings. The highest BCUT2D eigenvalue weighted by Crippen LogP contribution is 2.52. The fourth-order valence-electron chi connectivity index (χ4n) is 3.90. The molecule has 1 fully saturated rings. The van der Waals surface area contributed by atoms with E-state index in [-0.39, 0.29) is 11.4 Å². The van der Waals surface area contributed by atoms with E-state index in [2.05, 4.69) is 44.3 Å². The van der Waals surface area contributed by atoms with Crippen LogP contribution < -0.4 is 10.1 Å². The second kappa shape index (κ2) is 5.91. The van der Waals surface area contributed by atoms with Crippen molar-refractivity contribution in [2.75, 3.05) is 11.9 Å². The Kier molecular flexibility index (Phi) is 3.82. The van der Waals surface area contributed by atoms with E-state index in [9.17, 15) is 4.39 Å². The molecule has 0 bridgehead atoms. The van der Waals surface area contributed by atoms with E-state index in [0.717, 1.165) is 29.1 Å². The molecule has 1 aliphatic heterocycles. The lowest BCUT2D eigenvalue weighted by atomic mass is 9.80. The third kappa shape index (κ3) is 2.92. The summed E-state index contributed by atoms with van der Waals surface area (Å²) in [6.45, 7) is 7.25. The number of benzene rings is 2. The highest BCUT2D eigenvalue weighted by atomic mass is 19.1. The molecule has 1 heterocycles. The highest BCUT2D eigenvalue weighted by molar-refractivity contribution is 5.88. The molecular weight excluding hydrogens is 313 g/mol. The Morgan fingerprint density at radius 1 is 1.12 bits per heavy atom. The van der Waals surface area contributed by atoms with Crippen LogP contribution in [0.4, 0.5) is 10.1 Å². The first-order valence-corrected chi connectivity index (χ1v) is 9.07. The van der Waals surface area contributed by atoms with Crippen molar-refractivity contribution in [2.24, 2.45) is 5.92 Å². The van der Waals surface area contributed by atoms with Crippen molar-refractivity contribution in [3.8, 4) is 5.75 Å². The predicted molar refractivity (Wildman–Crippen MR) is 100 cm³/mol. The SMILES string of the molecule is CCNc1ccc2c(c1)OC(C)(C)C(C1CC1)=C2c1ccc(F)cc1. The average molecular weight is 337 g/mol. The van der Waals surface area contributed by atoms with Crippen molar-refractivity contribution in [1.29, 1.82) is 0 Å². The Hall–Kier alpha value is -2.29. The van der Waals surface area contributed by atoms with Gasteiger partial charge in [-0.15, -0.1) is 0 Å². The van der Waals surface area contributed by atoms with E-state index in [4.69, 9.17) is 4.74 Å². The maximum atomic E-state index is 13.5. The van der Waals surface area contributed by atoms with Crippen LogP contribution in [0.5, 0.6) is 5.75 Å². The molecule has 25 heavy (non-hydrogen) atoms. The Bertz CT molecular complexity index is 832. The third-order valence-corrected chi connectivity index (χ3v) is 5.03. The maximum Gasteiger partial charge on any atom is 0.130 e. The van der Waals surface area contributed by atoms with Gasteiger partial charge in [-0.1, -0.05) is 12.1 Å². The van der Waals surface area contributed by atoms with Crippen molar-refractivity contribution >= 4 is 11.3 Å². The first-order valence-electron chi connectivity index (χ1n) is 9.07. The minimum atomic E-state index is -0.358. The predicted octanol–water partition coefficient (Wildman–Crippen LogP) is 5.64. The van der Waals surface area contributed by atoms with E-state index >= 15 is 0 Å². The Morgan fingerprint density at radius 2 is 1.84 bits per heavy atom. The number of hydrogen-bond donors (Lipinski definition) is 1. The van der Waals surface area contributed by atoms with Gasteiger partial charge in [0.15, 0.2) is 0 Å². The van der Waals surface area contributed by atoms with E-state index in [1.54, 1.807) is 12.1 Å². The van der Waals surface area contributed by atoms with Crippen LogP contribution in [0.2, 0.25) is 0 Å². The van der Waals surface area contributed by atoms with Gasteiger partial charge in [0.05, 0.1) is 0 Å². The smallest absolute Gasteiger partial charge is 0.130 e. The van der Waals surface area contributed by atoms with Crippen molar-refractivity contribution in [3.05, 3.63) is 65.0 Å². The fourth-order valence-corrected chi connectivity index (χ4v) is 3.90. The number of fused-ring (bicyclic) bond motifs is 1. The number of nitrogens with one attached hydrogen (secondary N) is 1. The van der Waals surface area contributed by atoms with Crippen LogP contribution in [-0.2, 0) is 0 Å². The summed E-state index contributed by atoms with van der Waals surface area (Å²) in [7, 11) is 0. The summed E-state index contributed by atoms with van der Waals surface area (Å²) in [5.41, 5.74) is 5.44. The lowest BCUT2D eigenvalue weighted by Gasteiger charge is -2.38. The Morgan fingerprint density at radius 3 is 2.48 bits per heavy atom. The molecular formula is C22H24FNO. The summed E-state index contributed by atoms with van der Waals surface area (Å²) in [4.78, 5) is 0. The summed E-state index contributed by atoms with van der Waals surface area (Å²) in [6, 6.07) is 13.2. The number of halogens is 1. The first kappa shape index (κ1) is 16.2. The van der Waals surface area contributed by atoms with E-state index < -0.39 is 0 Å². The quantitative estimate of drug-likeness (QED) is 0.779. The molecule has 0 radical (unpaired) electrons. The molecule has 0 atom stereocenters. The van der Waals surface area contributed by atoms with E-state index in [1.807, 2.05) is 12.1 Å². The van der Waals surface area contributed by atoms with Gasteiger partial charge in [-0.25, -0.2) is 4.39 Å². The van der Waals surface area contributed by atoms with Crippen LogP contribution in [0.1, 0.15) is 44.7 Å². The maximum absolute atomic E-state index is 13.5. The number of anilines is 1. The van der Waals surface area contributed by atoms with Crippen LogP contribution in [0.3, 0.4) is 0 Å². The van der Waals surface area contributed by atoms with E-state index in [0.29, 0.717) is 5.92 Å². The molecule has 1 saturated carbocycles. The number of rotatable bonds is 4. The lowest BCUT2D eigenvalue weighted by molar-refractivity contribution is 0.138. The monoisotopic (exact) mass is 337 g/mol. The standard InChI is InChI=1S/C22H24FNO/c1-4-24-17-11-12-18-19(13-17)25-22(2,3)21(15-5-6-15)20(18)14-7-9-16(23)10-8-14/h7-13,15,24H,4-6H2,1-3H3. The van der Waals surface area contributed by atoms with Crippen molar-refractivity contribution in [3.63, 3.8) is 0 Å². The first-order chi connectivity index (χ1) is 12.0. The molecule has 1 aliphatic carbocycles. The topological polar surface area (TPSA) is 21.3 Å². The largest absolute Gasteiger partial charge is 0.483 e. The van der Waals surface area contributed by atoms with E-state index in [1.165, 1.54) is 24.0 Å². The van der Waals surface area contributed by atoms with Gasteiger partial charge in [-0.2, -0.15) is 0 Å². The molecule has 2 aliphatic rings. The molecule has 1 N–H and O–H groups in total. The molecule has 0 saturated heterocycles. The average Bonchev–Trinajstić information content (AvgIpc) is 3.38. The molecule has 2 nitrogen and oxygen atoms in total. The second-order valence-corrected chi connectivity index (χ2v) is 7.42. The van der Waals surface area contributed by atoms with Crippen molar-refractivity contribution < 1.29 is 9.13 Å². The highest BCUT2D eigenvalue weighted by Gasteiger charge is 2.43. The Balaban J connectivity index is 1.93. The van der Waals surface area contributed by atoms with Gasteiger partial charge < -0.3 is 10.1 Å². The van der Waals surface area contributed by atoms with Gasteiger partial charge >= 0.3 is 0 Å². The molecule has 0 unspecified atom stereocenters. The summed E-state index contributed by atoms with van der Waals surface area (Å²) in [5, 5.41) is 3.35. The number of hydrogen-bond acceptors (Lipinski definition) is 2. The molecule has 0 amide bonds. The summed E-state index contributed by atoms with van der Waals surface area (Å²) in [6.07, 6.45) is 2.41. The van der Waals surface area contributed by atoms with Gasteiger partial charge in [0.25, 0.3) is 0 Å². The van der Waals surface area contributed by atoms with Gasteiger partial charge in [-0.3, -0.25) is 0 Å². The zero-order valence-corrected chi connectivity index (χ0v) is 15.0. The van der Waals surface area contributed by atoms with Crippen molar-refractivity contribution in [2.45, 2.75) is 39.2 Å². The zero-order valence-electron chi connectivity index (χ0n) is 15.0. The molecule has 3 heteroatoms. The third-order valence-electron chi connectivity index (χ3n) is 5.03. The molecule has 0 aromatic heterocycles. The van der Waals surface area contributed by atoms with Gasteiger partial charge in [0.1, 0.15) is 17.2 Å². The Labute approximate surface area is 148 Å². The molecule has 4 rings (SSSR count). The molecule has 130 valence electrons. The van der Waals surface area contributed by atoms with Crippen molar-refractivity contribution in [1.82, 2.24) is 0 Å². The van der Waals surface area contributed by atoms with Gasteiger partial charge in [0, 0.05) is 23.9 Å². The van der Waals surface area contributed by atoms with Crippen LogP contribution >= 0.6 is 0 Å². The summed E-state index contributed by atoms with van der Waals surface area (Å²) >= 11 is 0. The van der Waals surface area contributed by atoms with Crippen LogP contribution in [0.15, 0.2) is 48.0 Å².